The fourth-order valence-electron chi connectivity index (χ4n) is 8.87. The molecule has 4 heteroatoms. The summed E-state index contributed by atoms with van der Waals surface area (Å²) in [6.07, 6.45) is 2.12. The van der Waals surface area contributed by atoms with Gasteiger partial charge in [-0.05, 0) is 116 Å². The zero-order valence-corrected chi connectivity index (χ0v) is 23.5. The molecule has 5 aromatic rings. The van der Waals surface area contributed by atoms with Crippen molar-refractivity contribution in [3.05, 3.63) is 129 Å². The van der Waals surface area contributed by atoms with Crippen molar-refractivity contribution in [1.82, 2.24) is 0 Å². The van der Waals surface area contributed by atoms with Crippen molar-refractivity contribution in [2.75, 3.05) is 32.9 Å². The van der Waals surface area contributed by atoms with Gasteiger partial charge in [0.05, 0.1) is 13.3 Å². The lowest BCUT2D eigenvalue weighted by Gasteiger charge is -2.48. The molecule has 0 radical (unpaired) electrons. The van der Waals surface area contributed by atoms with Crippen LogP contribution in [-0.2, 0) is 39.0 Å². The van der Waals surface area contributed by atoms with Gasteiger partial charge in [-0.2, -0.15) is 0 Å². The van der Waals surface area contributed by atoms with E-state index in [-0.39, 0.29) is 0 Å². The van der Waals surface area contributed by atoms with Gasteiger partial charge in [0.15, 0.2) is 0 Å². The summed E-state index contributed by atoms with van der Waals surface area (Å²) in [5, 5.41) is 0. The van der Waals surface area contributed by atoms with E-state index < -0.39 is 0 Å². The third kappa shape index (κ3) is 2.82. The topological polar surface area (TPSA) is 13.0 Å². The van der Waals surface area contributed by atoms with Crippen LogP contribution in [0.15, 0.2) is 84.9 Å². The van der Waals surface area contributed by atoms with Gasteiger partial charge >= 0.3 is 0 Å². The maximum atomic E-state index is 2.61. The molecule has 4 aliphatic heterocycles. The molecule has 0 fully saturated rings. The Morgan fingerprint density at radius 1 is 0.333 bits per heavy atom. The van der Waals surface area contributed by atoms with Crippen LogP contribution in [0.2, 0.25) is 0 Å². The second-order valence-electron chi connectivity index (χ2n) is 13.1. The molecule has 0 saturated carbocycles. The molecule has 4 nitrogen and oxygen atoms in total. The van der Waals surface area contributed by atoms with Crippen molar-refractivity contribution in [1.29, 1.82) is 0 Å². The molecule has 11 rings (SSSR count). The van der Waals surface area contributed by atoms with Crippen LogP contribution < -0.4 is 19.6 Å². The first-order chi connectivity index (χ1) is 20.7. The molecule has 5 aromatic carbocycles. The predicted octanol–water partition coefficient (Wildman–Crippen LogP) is 7.42. The molecule has 0 amide bonds. The molecular formula is C38H30N4. The van der Waals surface area contributed by atoms with Crippen LogP contribution in [-0.4, -0.2) is 13.3 Å². The van der Waals surface area contributed by atoms with E-state index in [9.17, 15) is 0 Å². The minimum absolute atomic E-state index is 0.977. The number of benzene rings is 5. The number of rotatable bonds is 0. The molecule has 4 heterocycles. The van der Waals surface area contributed by atoms with Crippen LogP contribution in [0.3, 0.4) is 0 Å². The predicted molar refractivity (Wildman–Crippen MR) is 170 cm³/mol. The van der Waals surface area contributed by atoms with E-state index in [0.29, 0.717) is 0 Å². The van der Waals surface area contributed by atoms with Crippen molar-refractivity contribution >= 4 is 22.7 Å². The highest BCUT2D eigenvalue weighted by Gasteiger charge is 2.36. The zero-order chi connectivity index (χ0) is 27.1. The van der Waals surface area contributed by atoms with Crippen LogP contribution in [0.1, 0.15) is 44.5 Å². The van der Waals surface area contributed by atoms with Crippen LogP contribution in [0, 0.1) is 0 Å². The summed E-state index contributed by atoms with van der Waals surface area (Å²) in [6.45, 7) is 5.89. The van der Waals surface area contributed by atoms with Gasteiger partial charge in [0, 0.05) is 48.9 Å². The molecular weight excluding hydrogens is 512 g/mol. The average Bonchev–Trinajstić information content (AvgIpc) is 3.56. The van der Waals surface area contributed by atoms with E-state index in [1.807, 2.05) is 0 Å². The van der Waals surface area contributed by atoms with E-state index in [1.165, 1.54) is 89.5 Å². The highest BCUT2D eigenvalue weighted by Crippen LogP contribution is 2.48. The Hall–Kier alpha value is -4.70. The van der Waals surface area contributed by atoms with Gasteiger partial charge in [-0.15, -0.1) is 0 Å². The van der Waals surface area contributed by atoms with E-state index in [4.69, 9.17) is 0 Å². The SMILES string of the molecule is c1ccc2c(c1)Cc1cc3c(cc1-2)CN1CN3Cc2cc3c(cc21)N1Cc2cc4c(cc2N(C3)C1)Cc1ccccc1-4. The minimum Gasteiger partial charge on any atom is -0.349 e. The van der Waals surface area contributed by atoms with Gasteiger partial charge < -0.3 is 19.6 Å². The van der Waals surface area contributed by atoms with Crippen molar-refractivity contribution in [3.63, 3.8) is 0 Å². The third-order valence-corrected chi connectivity index (χ3v) is 10.8. The maximum Gasteiger partial charge on any atom is 0.0910 e. The van der Waals surface area contributed by atoms with Gasteiger partial charge in [0.25, 0.3) is 0 Å². The monoisotopic (exact) mass is 542 g/mol. The fraction of sp³-hybridized carbons (Fsp3) is 0.211. The summed E-state index contributed by atoms with van der Waals surface area (Å²) in [5.74, 6) is 0. The Labute approximate surface area is 246 Å². The molecule has 0 N–H and O–H groups in total. The molecule has 0 unspecified atom stereocenters. The second-order valence-corrected chi connectivity index (χ2v) is 13.1. The lowest BCUT2D eigenvalue weighted by molar-refractivity contribution is 0.633. The molecule has 0 atom stereocenters. The summed E-state index contributed by atoms with van der Waals surface area (Å²) in [5.41, 5.74) is 23.3. The minimum atomic E-state index is 0.977. The normalized spacial score (nSPS) is 17.5. The quantitative estimate of drug-likeness (QED) is 0.198. The van der Waals surface area contributed by atoms with Gasteiger partial charge in [0.1, 0.15) is 0 Å². The third-order valence-electron chi connectivity index (χ3n) is 10.8. The molecule has 2 aliphatic carbocycles. The molecule has 0 aromatic heterocycles. The zero-order valence-electron chi connectivity index (χ0n) is 23.5. The standard InChI is InChI=1S/C38H30N4/c1-3-7-31-23(5-1)9-25-14-35-29(12-33(25)31)19-41-21-39(35)17-27-11-28-18-40-22-42(38(28)16-37(27)41)20-30-13-34-26(15-36(30)40)10-24-6-2-4-8-32(24)34/h1-8,11-16H,9-10,17-22H2. The smallest absolute Gasteiger partial charge is 0.0910 e. The summed E-state index contributed by atoms with van der Waals surface area (Å²) >= 11 is 0. The first-order valence-electron chi connectivity index (χ1n) is 15.4. The summed E-state index contributed by atoms with van der Waals surface area (Å²) in [7, 11) is 0. The van der Waals surface area contributed by atoms with Crippen LogP contribution in [0.4, 0.5) is 22.7 Å². The number of hydrogen-bond acceptors (Lipinski definition) is 4. The van der Waals surface area contributed by atoms with Gasteiger partial charge in [0.2, 0.25) is 0 Å². The average molecular weight is 543 g/mol. The molecule has 6 aliphatic rings. The molecule has 42 heavy (non-hydrogen) atoms. The summed E-state index contributed by atoms with van der Waals surface area (Å²) in [6, 6.07) is 33.0. The number of nitrogens with zero attached hydrogens (tertiary/aromatic N) is 4. The highest BCUT2D eigenvalue weighted by molar-refractivity contribution is 5.84. The van der Waals surface area contributed by atoms with Crippen molar-refractivity contribution < 1.29 is 0 Å². The van der Waals surface area contributed by atoms with E-state index in [1.54, 1.807) is 0 Å². The van der Waals surface area contributed by atoms with Gasteiger partial charge in [-0.1, -0.05) is 48.5 Å². The van der Waals surface area contributed by atoms with E-state index in [2.05, 4.69) is 105 Å². The summed E-state index contributed by atoms with van der Waals surface area (Å²) in [4.78, 5) is 10.4. The molecule has 0 spiro atoms. The van der Waals surface area contributed by atoms with Gasteiger partial charge in [-0.3, -0.25) is 0 Å². The highest BCUT2D eigenvalue weighted by atomic mass is 15.4. The number of hydrogen-bond donors (Lipinski definition) is 0. The Morgan fingerprint density at radius 3 is 1.21 bits per heavy atom. The molecule has 4 bridgehead atoms. The van der Waals surface area contributed by atoms with E-state index in [0.717, 1.165) is 52.4 Å². The molecule has 202 valence electrons. The van der Waals surface area contributed by atoms with Gasteiger partial charge in [-0.25, -0.2) is 0 Å². The maximum absolute atomic E-state index is 2.61. The first kappa shape index (κ1) is 22.0. The second kappa shape index (κ2) is 7.57. The summed E-state index contributed by atoms with van der Waals surface area (Å²) < 4.78 is 0. The Kier molecular flexibility index (Phi) is 3.96. The number of fused-ring (bicyclic) bond motifs is 18. The van der Waals surface area contributed by atoms with Crippen molar-refractivity contribution in [3.8, 4) is 22.3 Å². The number of anilines is 4. The van der Waals surface area contributed by atoms with E-state index >= 15 is 0 Å². The largest absolute Gasteiger partial charge is 0.349 e. The Morgan fingerprint density at radius 2 is 0.738 bits per heavy atom. The molecule has 0 saturated heterocycles. The van der Waals surface area contributed by atoms with Crippen molar-refractivity contribution in [2.24, 2.45) is 0 Å². The lowest BCUT2D eigenvalue weighted by Crippen LogP contribution is -2.48. The Balaban J connectivity index is 0.964. The Bertz CT molecular complexity index is 1900. The fourth-order valence-corrected chi connectivity index (χ4v) is 8.87. The van der Waals surface area contributed by atoms with Crippen LogP contribution in [0.5, 0.6) is 0 Å². The van der Waals surface area contributed by atoms with Crippen LogP contribution in [0.25, 0.3) is 22.3 Å². The van der Waals surface area contributed by atoms with Crippen LogP contribution >= 0.6 is 0 Å². The van der Waals surface area contributed by atoms with Crippen molar-refractivity contribution in [2.45, 2.75) is 39.0 Å². The first-order valence-corrected chi connectivity index (χ1v) is 15.4. The lowest BCUT2D eigenvalue weighted by atomic mass is 9.93.